The number of hydrogen-bond donors (Lipinski definition) is 0. The van der Waals surface area contributed by atoms with Crippen molar-refractivity contribution >= 4 is 17.5 Å². The molecule has 0 N–H and O–H groups in total. The minimum atomic E-state index is -0.456. The van der Waals surface area contributed by atoms with Crippen LogP contribution in [0.25, 0.3) is 0 Å². The van der Waals surface area contributed by atoms with E-state index < -0.39 is 4.92 Å². The summed E-state index contributed by atoms with van der Waals surface area (Å²) in [7, 11) is 0. The number of non-ortho nitro benzene ring substituents is 1. The second-order valence-corrected chi connectivity index (χ2v) is 11.6. The molecule has 1 heterocycles. The van der Waals surface area contributed by atoms with Crippen LogP contribution in [0.15, 0.2) is 48.5 Å². The van der Waals surface area contributed by atoms with Crippen LogP contribution in [0.2, 0.25) is 0 Å². The Kier molecular flexibility index (Phi) is 26.2. The third-order valence-electron chi connectivity index (χ3n) is 7.60. The smallest absolute Gasteiger partial charge is 0.269 e. The molecule has 0 aliphatic carbocycles. The number of carbonyl (C=O) groups is 2. The van der Waals surface area contributed by atoms with Gasteiger partial charge in [0.15, 0.2) is 0 Å². The highest BCUT2D eigenvalue weighted by Crippen LogP contribution is 2.22. The lowest BCUT2D eigenvalue weighted by atomic mass is 10.1. The predicted octanol–water partition coefficient (Wildman–Crippen LogP) is 2.45. The van der Waals surface area contributed by atoms with Gasteiger partial charge in [-0.3, -0.25) is 24.6 Å². The fourth-order valence-corrected chi connectivity index (χ4v) is 4.78. The van der Waals surface area contributed by atoms with Gasteiger partial charge in [-0.15, -0.1) is 0 Å². The normalized spacial score (nSPS) is 12.5. The van der Waals surface area contributed by atoms with E-state index in [9.17, 15) is 19.7 Å². The van der Waals surface area contributed by atoms with Gasteiger partial charge >= 0.3 is 0 Å². The Morgan fingerprint density at radius 1 is 0.411 bits per heavy atom. The topological polar surface area (TPSA) is 191 Å². The van der Waals surface area contributed by atoms with E-state index in [0.29, 0.717) is 162 Å². The number of hydrogen-bond acceptors (Lipinski definition) is 16. The molecule has 0 unspecified atom stereocenters. The van der Waals surface area contributed by atoms with Crippen LogP contribution in [0, 0.1) is 10.1 Å². The average molecular weight is 797 g/mol. The van der Waals surface area contributed by atoms with Crippen LogP contribution in [0.1, 0.15) is 20.7 Å². The van der Waals surface area contributed by atoms with Crippen LogP contribution >= 0.6 is 0 Å². The van der Waals surface area contributed by atoms with E-state index in [-0.39, 0.29) is 30.7 Å². The Morgan fingerprint density at radius 2 is 0.696 bits per heavy atom. The van der Waals surface area contributed by atoms with E-state index in [2.05, 4.69) is 0 Å². The van der Waals surface area contributed by atoms with Crippen molar-refractivity contribution in [2.24, 2.45) is 0 Å². The van der Waals surface area contributed by atoms with E-state index in [1.165, 1.54) is 17.0 Å². The van der Waals surface area contributed by atoms with Gasteiger partial charge in [0, 0.05) is 12.1 Å². The molecule has 1 aliphatic rings. The van der Waals surface area contributed by atoms with Gasteiger partial charge in [0.1, 0.15) is 12.4 Å². The zero-order chi connectivity index (χ0) is 39.7. The molecule has 0 fully saturated rings. The van der Waals surface area contributed by atoms with Crippen LogP contribution < -0.4 is 4.74 Å². The second-order valence-electron chi connectivity index (χ2n) is 11.6. The molecule has 0 radical (unpaired) electrons. The fraction of sp³-hybridized carbons (Fsp3) is 0.632. The highest BCUT2D eigenvalue weighted by molar-refractivity contribution is 6.21. The summed E-state index contributed by atoms with van der Waals surface area (Å²) in [5.41, 5.74) is 0.890. The molecule has 0 saturated carbocycles. The van der Waals surface area contributed by atoms with E-state index >= 15 is 0 Å². The van der Waals surface area contributed by atoms with Gasteiger partial charge in [0.05, 0.1) is 168 Å². The number of nitrogens with zero attached hydrogens (tertiary/aromatic N) is 2. The molecular weight excluding hydrogens is 740 g/mol. The summed E-state index contributed by atoms with van der Waals surface area (Å²) in [6.45, 7) is 10.1. The van der Waals surface area contributed by atoms with Gasteiger partial charge in [-0.1, -0.05) is 12.1 Å². The van der Waals surface area contributed by atoms with Gasteiger partial charge in [-0.2, -0.15) is 0 Å². The summed E-state index contributed by atoms with van der Waals surface area (Å²) >= 11 is 0. The minimum Gasteiger partial charge on any atom is -0.491 e. The summed E-state index contributed by atoms with van der Waals surface area (Å²) in [4.78, 5) is 36.0. The number of amides is 2. The van der Waals surface area contributed by atoms with Gasteiger partial charge < -0.3 is 56.8 Å². The molecule has 18 nitrogen and oxygen atoms in total. The average Bonchev–Trinajstić information content (AvgIpc) is 3.45. The van der Waals surface area contributed by atoms with Crippen molar-refractivity contribution in [3.63, 3.8) is 0 Å². The first kappa shape index (κ1) is 46.7. The first-order chi connectivity index (χ1) is 27.6. The Morgan fingerprint density at radius 3 is 1.00 bits per heavy atom. The van der Waals surface area contributed by atoms with Gasteiger partial charge in [0.25, 0.3) is 17.5 Å². The van der Waals surface area contributed by atoms with E-state index in [0.717, 1.165) is 0 Å². The molecule has 0 aromatic heterocycles. The summed E-state index contributed by atoms with van der Waals surface area (Å²) in [5.74, 6) is -0.0197. The van der Waals surface area contributed by atoms with Crippen LogP contribution in [0.4, 0.5) is 5.69 Å². The molecule has 0 spiro atoms. The van der Waals surface area contributed by atoms with Crippen molar-refractivity contribution in [1.82, 2.24) is 4.90 Å². The van der Waals surface area contributed by atoms with E-state index in [1.54, 1.807) is 36.4 Å². The lowest BCUT2D eigenvalue weighted by Gasteiger charge is -2.13. The van der Waals surface area contributed by atoms with Crippen LogP contribution in [0.3, 0.4) is 0 Å². The summed E-state index contributed by atoms with van der Waals surface area (Å²) in [6.07, 6.45) is 0. The lowest BCUT2D eigenvalue weighted by Crippen LogP contribution is -2.33. The molecule has 56 heavy (non-hydrogen) atoms. The van der Waals surface area contributed by atoms with Crippen molar-refractivity contribution in [3.8, 4) is 5.75 Å². The predicted molar refractivity (Wildman–Crippen MR) is 199 cm³/mol. The molecule has 0 atom stereocenters. The third-order valence-corrected chi connectivity index (χ3v) is 7.60. The van der Waals surface area contributed by atoms with Crippen LogP contribution in [-0.4, -0.2) is 180 Å². The number of carbonyl (C=O) groups excluding carboxylic acids is 2. The molecule has 3 rings (SSSR count). The Bertz CT molecular complexity index is 1300. The van der Waals surface area contributed by atoms with E-state index in [4.69, 9.17) is 56.8 Å². The zero-order valence-corrected chi connectivity index (χ0v) is 32.0. The highest BCUT2D eigenvalue weighted by Gasteiger charge is 2.34. The molecule has 0 saturated heterocycles. The number of nitro benzene ring substituents is 1. The maximum Gasteiger partial charge on any atom is 0.269 e. The number of fused-ring (bicyclic) bond motifs is 1. The largest absolute Gasteiger partial charge is 0.491 e. The molecule has 0 bridgehead atoms. The number of benzene rings is 2. The lowest BCUT2D eigenvalue weighted by molar-refractivity contribution is -0.384. The van der Waals surface area contributed by atoms with Gasteiger partial charge in [-0.05, 0) is 24.3 Å². The molecule has 314 valence electrons. The van der Waals surface area contributed by atoms with Crippen molar-refractivity contribution in [2.75, 3.05) is 159 Å². The van der Waals surface area contributed by atoms with Crippen molar-refractivity contribution in [2.45, 2.75) is 0 Å². The van der Waals surface area contributed by atoms with Crippen molar-refractivity contribution in [1.29, 1.82) is 0 Å². The van der Waals surface area contributed by atoms with Crippen LogP contribution in [-0.2, 0) is 52.1 Å². The maximum atomic E-state index is 12.3. The molecule has 1 aliphatic heterocycles. The monoisotopic (exact) mass is 796 g/mol. The highest BCUT2D eigenvalue weighted by atomic mass is 16.6. The Hall–Kier alpha value is -3.66. The van der Waals surface area contributed by atoms with Crippen molar-refractivity contribution in [3.05, 3.63) is 69.8 Å². The fourth-order valence-electron chi connectivity index (χ4n) is 4.78. The summed E-state index contributed by atoms with van der Waals surface area (Å²) in [6, 6.07) is 12.7. The minimum absolute atomic E-state index is 0.0195. The maximum absolute atomic E-state index is 12.3. The zero-order valence-electron chi connectivity index (χ0n) is 32.0. The molecular formula is C38H56N2O16. The first-order valence-corrected chi connectivity index (χ1v) is 18.8. The van der Waals surface area contributed by atoms with Gasteiger partial charge in [-0.25, -0.2) is 0 Å². The quantitative estimate of drug-likeness (QED) is 0.0416. The molecule has 2 amide bonds. The first-order valence-electron chi connectivity index (χ1n) is 18.8. The third kappa shape index (κ3) is 21.0. The summed E-state index contributed by atoms with van der Waals surface area (Å²) in [5, 5.41) is 10.7. The standard InChI is InChI=1S/C38H56N2O16/c41-37-35-3-1-2-4-36(35)38(42)39(37)9-10-45-11-12-46-13-14-47-15-16-48-17-18-49-19-20-50-21-22-51-23-24-52-25-26-53-27-28-54-29-30-55-31-32-56-34-7-5-33(6-8-34)40(43)44/h1-8H,9-32H2. The number of nitro groups is 1. The molecule has 2 aromatic carbocycles. The SMILES string of the molecule is O=C1c2ccccc2C(=O)N1CCOCCOCCOCCOCCOCCOCCOCCOCCOCCOCCOCCOc1ccc([N+](=O)[O-])cc1. The molecule has 18 heteroatoms. The summed E-state index contributed by atoms with van der Waals surface area (Å²) < 4.78 is 65.6. The number of rotatable bonds is 38. The van der Waals surface area contributed by atoms with Gasteiger partial charge in [0.2, 0.25) is 0 Å². The second kappa shape index (κ2) is 31.4. The number of imide groups is 1. The van der Waals surface area contributed by atoms with Crippen molar-refractivity contribution < 1.29 is 71.4 Å². The number of ether oxygens (including phenoxy) is 12. The molecule has 2 aromatic rings. The van der Waals surface area contributed by atoms with E-state index in [1.807, 2.05) is 0 Å². The van der Waals surface area contributed by atoms with Crippen LogP contribution in [0.5, 0.6) is 5.75 Å². The Balaban J connectivity index is 0.910. The Labute approximate surface area is 327 Å².